The van der Waals surface area contributed by atoms with Crippen LogP contribution in [0.1, 0.15) is 6.42 Å². The van der Waals surface area contributed by atoms with Gasteiger partial charge < -0.3 is 4.55 Å². The van der Waals surface area contributed by atoms with E-state index in [1.165, 1.54) is 0 Å². The predicted octanol–water partition coefficient (Wildman–Crippen LogP) is 7.65. The van der Waals surface area contributed by atoms with Gasteiger partial charge in [-0.3, -0.25) is 0 Å². The van der Waals surface area contributed by atoms with E-state index < -0.39 is 77.8 Å². The molecule has 1 rings (SSSR count). The molecule has 0 saturated heterocycles. The molecule has 31 heavy (non-hydrogen) atoms. The molecule has 1 aliphatic carbocycles. The molecule has 1 radical (unpaired) electrons. The summed E-state index contributed by atoms with van der Waals surface area (Å²) in [5.41, 5.74) is -16.4. The molecule has 0 fully saturated rings. The predicted molar refractivity (Wildman–Crippen MR) is 92.1 cm³/mol. The van der Waals surface area contributed by atoms with Gasteiger partial charge in [0, 0.05) is 16.5 Å². The van der Waals surface area contributed by atoms with E-state index in [1.54, 1.807) is 0 Å². The first kappa shape index (κ1) is 29.3. The summed E-state index contributed by atoms with van der Waals surface area (Å²) in [4.78, 5) is 0. The van der Waals surface area contributed by atoms with Gasteiger partial charge in [0.05, 0.1) is 17.6 Å². The Bertz CT molecular complexity index is 755. The van der Waals surface area contributed by atoms with E-state index >= 15 is 0 Å². The molecule has 0 spiro atoms. The van der Waals surface area contributed by atoms with Crippen molar-refractivity contribution < 1.29 is 57.2 Å². The maximum absolute atomic E-state index is 14.9. The lowest BCUT2D eigenvalue weighted by atomic mass is 9.79. The fourth-order valence-corrected chi connectivity index (χ4v) is 4.40. The molecule has 0 N–H and O–H groups in total. The molecule has 0 aromatic heterocycles. The minimum absolute atomic E-state index is 0.237. The Balaban J connectivity index is 3.95. The maximum Gasteiger partial charge on any atom is 0.573 e. The second kappa shape index (κ2) is 8.82. The van der Waals surface area contributed by atoms with Gasteiger partial charge in [0.1, 0.15) is 0 Å². The number of halogens is 16. The Hall–Kier alpha value is 0.300. The molecule has 0 aliphatic heterocycles. The third-order valence-corrected chi connectivity index (χ3v) is 6.02. The largest absolute Gasteiger partial charge is 0.609 e. The standard InChI is InChI=1S/C13H5BrCl3F12OS/c14-7-2-4(31(30)13(27,28)29)1-6(5(7)3-8(15,16)17)9(18,11(21,22)23)10(19,20)12(24,25)26/h1-2,4H,3H2. The smallest absolute Gasteiger partial charge is 0.573 e. The molecule has 181 valence electrons. The second-order valence-corrected chi connectivity index (χ2v) is 10.8. The van der Waals surface area contributed by atoms with Crippen LogP contribution in [0.15, 0.2) is 21.7 Å². The molecule has 0 heterocycles. The van der Waals surface area contributed by atoms with Gasteiger partial charge in [-0.15, -0.1) is 13.2 Å². The Morgan fingerprint density at radius 1 is 0.871 bits per heavy atom. The van der Waals surface area contributed by atoms with Crippen LogP contribution in [-0.2, 0) is 11.2 Å². The van der Waals surface area contributed by atoms with Crippen LogP contribution >= 0.6 is 50.7 Å². The van der Waals surface area contributed by atoms with Crippen molar-refractivity contribution in [3.05, 3.63) is 28.1 Å². The summed E-state index contributed by atoms with van der Waals surface area (Å²) >= 11 is 14.1. The van der Waals surface area contributed by atoms with Gasteiger partial charge in [0.15, 0.2) is 9.04 Å². The van der Waals surface area contributed by atoms with Gasteiger partial charge in [0.25, 0.3) is 0 Å². The van der Waals surface area contributed by atoms with Gasteiger partial charge in [0.2, 0.25) is 0 Å². The average molecular weight is 623 g/mol. The summed E-state index contributed by atoms with van der Waals surface area (Å²) < 4.78 is 167. The summed E-state index contributed by atoms with van der Waals surface area (Å²) in [6, 6.07) is 0. The fourth-order valence-electron chi connectivity index (χ4n) is 2.36. The molecule has 0 aromatic carbocycles. The Morgan fingerprint density at radius 2 is 1.32 bits per heavy atom. The van der Waals surface area contributed by atoms with Crippen LogP contribution in [0.25, 0.3) is 0 Å². The van der Waals surface area contributed by atoms with Crippen LogP contribution in [0, 0.1) is 6.42 Å². The van der Waals surface area contributed by atoms with Crippen molar-refractivity contribution in [3.63, 3.8) is 0 Å². The Morgan fingerprint density at radius 3 is 1.65 bits per heavy atom. The minimum Gasteiger partial charge on any atom is -0.609 e. The van der Waals surface area contributed by atoms with Crippen molar-refractivity contribution >= 4 is 61.9 Å². The van der Waals surface area contributed by atoms with E-state index in [0.717, 1.165) is 0 Å². The number of rotatable bonds is 4. The molecule has 0 aromatic rings. The van der Waals surface area contributed by atoms with E-state index in [0.29, 0.717) is 0 Å². The molecular weight excluding hydrogens is 618 g/mol. The zero-order valence-electron chi connectivity index (χ0n) is 13.8. The summed E-state index contributed by atoms with van der Waals surface area (Å²) in [7, 11) is 0. The lowest BCUT2D eigenvalue weighted by molar-refractivity contribution is -0.372. The number of allylic oxidation sites excluding steroid dienone is 3. The van der Waals surface area contributed by atoms with Gasteiger partial charge in [-0.1, -0.05) is 50.7 Å². The van der Waals surface area contributed by atoms with Crippen LogP contribution < -0.4 is 0 Å². The summed E-state index contributed by atoms with van der Waals surface area (Å²) in [6.07, 6.45) is -16.0. The van der Waals surface area contributed by atoms with Crippen LogP contribution in [0.3, 0.4) is 0 Å². The Kier molecular flexibility index (Phi) is 8.35. The molecule has 1 nitrogen and oxygen atoms in total. The van der Waals surface area contributed by atoms with Crippen molar-refractivity contribution in [1.29, 1.82) is 0 Å². The first-order valence-corrected chi connectivity index (χ1v) is 10.2. The van der Waals surface area contributed by atoms with Crippen LogP contribution in [-0.4, -0.2) is 43.0 Å². The molecule has 0 amide bonds. The lowest BCUT2D eigenvalue weighted by Crippen LogP contribution is -2.63. The van der Waals surface area contributed by atoms with Gasteiger partial charge in [-0.25, -0.2) is 4.39 Å². The molecule has 0 bridgehead atoms. The Labute approximate surface area is 192 Å². The summed E-state index contributed by atoms with van der Waals surface area (Å²) in [5.74, 6) is -7.21. The minimum atomic E-state index is -7.21. The SMILES string of the molecule is [O-][S+](C1[CH]C(Br)=C(CC(Cl)(Cl)Cl)C(C(F)(C(F)(F)F)C(F)(F)C(F)(F)F)=C1)C(F)(F)F. The van der Waals surface area contributed by atoms with Gasteiger partial charge in [-0.05, 0) is 11.6 Å². The molecule has 18 heteroatoms. The third kappa shape index (κ3) is 5.87. The van der Waals surface area contributed by atoms with E-state index in [2.05, 4.69) is 15.9 Å². The maximum atomic E-state index is 14.9. The number of hydrogen-bond donors (Lipinski definition) is 0. The van der Waals surface area contributed by atoms with E-state index in [-0.39, 0.29) is 6.42 Å². The number of alkyl halides is 15. The molecule has 3 atom stereocenters. The first-order chi connectivity index (χ1) is 13.4. The van der Waals surface area contributed by atoms with Crippen LogP contribution in [0.5, 0.6) is 0 Å². The van der Waals surface area contributed by atoms with Crippen molar-refractivity contribution in [3.8, 4) is 0 Å². The zero-order chi connectivity index (χ0) is 25.0. The van der Waals surface area contributed by atoms with Crippen LogP contribution in [0.4, 0.5) is 52.7 Å². The van der Waals surface area contributed by atoms with Crippen molar-refractivity contribution in [1.82, 2.24) is 0 Å². The highest BCUT2D eigenvalue weighted by atomic mass is 79.9. The van der Waals surface area contributed by atoms with Crippen LogP contribution in [0.2, 0.25) is 0 Å². The average Bonchev–Trinajstić information content (AvgIpc) is 2.50. The molecule has 3 unspecified atom stereocenters. The molecule has 1 aliphatic rings. The normalized spacial score (nSPS) is 22.9. The van der Waals surface area contributed by atoms with Gasteiger partial charge >= 0.3 is 29.5 Å². The second-order valence-electron chi connectivity index (χ2n) is 5.80. The quantitative estimate of drug-likeness (QED) is 0.179. The van der Waals surface area contributed by atoms with E-state index in [9.17, 15) is 57.2 Å². The van der Waals surface area contributed by atoms with Crippen molar-refractivity contribution in [2.45, 2.75) is 44.9 Å². The topological polar surface area (TPSA) is 23.1 Å². The van der Waals surface area contributed by atoms with E-state index in [4.69, 9.17) is 34.8 Å². The highest BCUT2D eigenvalue weighted by molar-refractivity contribution is 9.11. The van der Waals surface area contributed by atoms with Crippen molar-refractivity contribution in [2.75, 3.05) is 0 Å². The lowest BCUT2D eigenvalue weighted by Gasteiger charge is -2.40. The third-order valence-electron chi connectivity index (χ3n) is 3.66. The summed E-state index contributed by atoms with van der Waals surface area (Å²) in [6.45, 7) is 0. The molecule has 0 saturated carbocycles. The number of hydrogen-bond acceptors (Lipinski definition) is 1. The molecular formula is C13H5BrCl3F12OS. The van der Waals surface area contributed by atoms with Gasteiger partial charge in [-0.2, -0.15) is 35.1 Å². The highest BCUT2D eigenvalue weighted by Gasteiger charge is 2.83. The fraction of sp³-hybridized carbons (Fsp3) is 0.615. The highest BCUT2D eigenvalue weighted by Crippen LogP contribution is 2.60. The monoisotopic (exact) mass is 621 g/mol. The first-order valence-electron chi connectivity index (χ1n) is 7.08. The van der Waals surface area contributed by atoms with E-state index in [1.807, 2.05) is 0 Å². The van der Waals surface area contributed by atoms with Crippen molar-refractivity contribution in [2.24, 2.45) is 0 Å². The zero-order valence-corrected chi connectivity index (χ0v) is 18.5. The summed E-state index contributed by atoms with van der Waals surface area (Å²) in [5, 5.41) is -2.79.